The largest absolute Gasteiger partial charge is 0.481 e. The summed E-state index contributed by atoms with van der Waals surface area (Å²) >= 11 is 0. The van der Waals surface area contributed by atoms with E-state index in [9.17, 15) is 19.5 Å². The Morgan fingerprint density at radius 3 is 1.77 bits per heavy atom. The van der Waals surface area contributed by atoms with Crippen molar-refractivity contribution in [3.05, 3.63) is 71.8 Å². The monoisotopic (exact) mass is 434 g/mol. The molecule has 2 atom stereocenters. The first-order chi connectivity index (χ1) is 13.9. The van der Waals surface area contributed by atoms with E-state index in [1.54, 1.807) is 6.92 Å². The second-order valence-corrected chi connectivity index (χ2v) is 6.88. The quantitative estimate of drug-likeness (QED) is 0.502. The van der Waals surface area contributed by atoms with Crippen molar-refractivity contribution in [2.75, 3.05) is 0 Å². The number of nitrogens with zero attached hydrogens (tertiary/aromatic N) is 1. The van der Waals surface area contributed by atoms with E-state index in [4.69, 9.17) is 5.11 Å². The molecule has 2 aromatic carbocycles. The molecule has 0 unspecified atom stereocenters. The molecule has 0 saturated heterocycles. The molecular weight excluding hydrogens is 408 g/mol. The van der Waals surface area contributed by atoms with E-state index in [1.165, 1.54) is 0 Å². The molecule has 0 aliphatic heterocycles. The maximum atomic E-state index is 12.8. The molecule has 0 bridgehead atoms. The van der Waals surface area contributed by atoms with E-state index < -0.39 is 29.9 Å². The lowest BCUT2D eigenvalue weighted by Crippen LogP contribution is -2.50. The smallest absolute Gasteiger partial charge is 0.326 e. The Hall–Kier alpha value is -2.90. The van der Waals surface area contributed by atoms with Crippen molar-refractivity contribution in [1.82, 2.24) is 10.2 Å². The summed E-state index contributed by atoms with van der Waals surface area (Å²) in [4.78, 5) is 36.9. The summed E-state index contributed by atoms with van der Waals surface area (Å²) in [5.74, 6) is -2.80. The second kappa shape index (κ2) is 12.6. The first-order valence-electron chi connectivity index (χ1n) is 9.43. The molecule has 0 heterocycles. The highest BCUT2D eigenvalue weighted by Gasteiger charge is 2.27. The minimum Gasteiger partial charge on any atom is -0.481 e. The number of carbonyl (C=O) groups excluding carboxylic acids is 1. The van der Waals surface area contributed by atoms with Crippen molar-refractivity contribution >= 4 is 30.3 Å². The van der Waals surface area contributed by atoms with Crippen LogP contribution in [-0.2, 0) is 27.5 Å². The average Bonchev–Trinajstić information content (AvgIpc) is 2.71. The van der Waals surface area contributed by atoms with Crippen LogP contribution in [0.4, 0.5) is 0 Å². The van der Waals surface area contributed by atoms with E-state index in [2.05, 4.69) is 5.32 Å². The number of carboxylic acids is 2. The molecule has 0 spiro atoms. The number of hydrogen-bond donors (Lipinski definition) is 3. The SMILES string of the molecule is C[C@@H](C(=O)N[C@H](CCC(=O)O)C(=O)O)N(Cc1ccccc1)Cc1ccccc1.Cl. The summed E-state index contributed by atoms with van der Waals surface area (Å²) in [6, 6.07) is 17.6. The highest BCUT2D eigenvalue weighted by atomic mass is 35.5. The van der Waals surface area contributed by atoms with Crippen LogP contribution in [0.5, 0.6) is 0 Å². The Labute approximate surface area is 182 Å². The van der Waals surface area contributed by atoms with Crippen LogP contribution >= 0.6 is 12.4 Å². The van der Waals surface area contributed by atoms with Crippen molar-refractivity contribution in [3.8, 4) is 0 Å². The van der Waals surface area contributed by atoms with Crippen LogP contribution in [0.3, 0.4) is 0 Å². The fraction of sp³-hybridized carbons (Fsp3) is 0.318. The maximum absolute atomic E-state index is 12.8. The highest BCUT2D eigenvalue weighted by Crippen LogP contribution is 2.14. The Kier molecular flexibility index (Phi) is 10.6. The van der Waals surface area contributed by atoms with Crippen LogP contribution in [0.1, 0.15) is 30.9 Å². The zero-order valence-electron chi connectivity index (χ0n) is 16.7. The minimum atomic E-state index is -1.25. The van der Waals surface area contributed by atoms with E-state index in [-0.39, 0.29) is 25.2 Å². The maximum Gasteiger partial charge on any atom is 0.326 e. The van der Waals surface area contributed by atoms with Gasteiger partial charge in [-0.2, -0.15) is 0 Å². The van der Waals surface area contributed by atoms with E-state index in [1.807, 2.05) is 65.6 Å². The number of amides is 1. The van der Waals surface area contributed by atoms with Crippen molar-refractivity contribution in [2.24, 2.45) is 0 Å². The molecule has 0 aliphatic carbocycles. The summed E-state index contributed by atoms with van der Waals surface area (Å²) in [5, 5.41) is 20.6. The molecule has 7 nitrogen and oxygen atoms in total. The molecule has 0 fully saturated rings. The average molecular weight is 435 g/mol. The summed E-state index contributed by atoms with van der Waals surface area (Å²) in [5.41, 5.74) is 2.06. The fourth-order valence-electron chi connectivity index (χ4n) is 2.95. The van der Waals surface area contributed by atoms with E-state index in [0.717, 1.165) is 11.1 Å². The molecule has 0 aromatic heterocycles. The predicted molar refractivity (Wildman–Crippen MR) is 115 cm³/mol. The van der Waals surface area contributed by atoms with Crippen molar-refractivity contribution in [3.63, 3.8) is 0 Å². The van der Waals surface area contributed by atoms with Gasteiger partial charge in [0.2, 0.25) is 5.91 Å². The van der Waals surface area contributed by atoms with Gasteiger partial charge in [-0.25, -0.2) is 4.79 Å². The summed E-state index contributed by atoms with van der Waals surface area (Å²) in [6.45, 7) is 2.74. The zero-order valence-corrected chi connectivity index (χ0v) is 17.5. The molecule has 8 heteroatoms. The van der Waals surface area contributed by atoms with Gasteiger partial charge in [0.15, 0.2) is 0 Å². The van der Waals surface area contributed by atoms with Gasteiger partial charge in [-0.3, -0.25) is 14.5 Å². The van der Waals surface area contributed by atoms with Crippen LogP contribution in [-0.4, -0.2) is 45.0 Å². The van der Waals surface area contributed by atoms with Crippen LogP contribution in [0, 0.1) is 0 Å². The molecule has 162 valence electrons. The molecule has 1 amide bonds. The number of rotatable bonds is 11. The predicted octanol–water partition coefficient (Wildman–Crippen LogP) is 2.93. The van der Waals surface area contributed by atoms with Gasteiger partial charge in [0.25, 0.3) is 0 Å². The standard InChI is InChI=1S/C22H26N2O5.ClH/c1-16(21(27)23-19(22(28)29)12-13-20(25)26)24(14-17-8-4-2-5-9-17)15-18-10-6-3-7-11-18;/h2-11,16,19H,12-15H2,1H3,(H,23,27)(H,25,26)(H,28,29);1H/t16-,19+;/m0./s1. The summed E-state index contributed by atoms with van der Waals surface area (Å²) in [7, 11) is 0. The second-order valence-electron chi connectivity index (χ2n) is 6.88. The number of carboxylic acid groups (broad SMARTS) is 2. The molecule has 30 heavy (non-hydrogen) atoms. The summed E-state index contributed by atoms with van der Waals surface area (Å²) in [6.07, 6.45) is -0.496. The van der Waals surface area contributed by atoms with Crippen molar-refractivity contribution < 1.29 is 24.6 Å². The number of halogens is 1. The molecule has 2 aromatic rings. The van der Waals surface area contributed by atoms with Crippen molar-refractivity contribution in [1.29, 1.82) is 0 Å². The van der Waals surface area contributed by atoms with Gasteiger partial charge in [0.1, 0.15) is 6.04 Å². The Bertz CT molecular complexity index is 775. The molecule has 0 saturated carbocycles. The van der Waals surface area contributed by atoms with Gasteiger partial charge in [-0.15, -0.1) is 12.4 Å². The van der Waals surface area contributed by atoms with Gasteiger partial charge in [0, 0.05) is 19.5 Å². The topological polar surface area (TPSA) is 107 Å². The molecule has 0 radical (unpaired) electrons. The Morgan fingerprint density at radius 1 is 0.900 bits per heavy atom. The van der Waals surface area contributed by atoms with Gasteiger partial charge >= 0.3 is 11.9 Å². The fourth-order valence-corrected chi connectivity index (χ4v) is 2.95. The van der Waals surface area contributed by atoms with Gasteiger partial charge in [0.05, 0.1) is 6.04 Å². The lowest BCUT2D eigenvalue weighted by atomic mass is 10.1. The molecule has 3 N–H and O–H groups in total. The van der Waals surface area contributed by atoms with E-state index >= 15 is 0 Å². The molecule has 0 aliphatic rings. The number of nitrogens with one attached hydrogen (secondary N) is 1. The van der Waals surface area contributed by atoms with Gasteiger partial charge in [-0.1, -0.05) is 60.7 Å². The normalized spacial score (nSPS) is 12.5. The van der Waals surface area contributed by atoms with Gasteiger partial charge in [-0.05, 0) is 24.5 Å². The van der Waals surface area contributed by atoms with Gasteiger partial charge < -0.3 is 15.5 Å². The van der Waals surface area contributed by atoms with Crippen LogP contribution in [0.25, 0.3) is 0 Å². The number of hydrogen-bond acceptors (Lipinski definition) is 4. The third-order valence-corrected chi connectivity index (χ3v) is 4.65. The Morgan fingerprint density at radius 2 is 1.37 bits per heavy atom. The van der Waals surface area contributed by atoms with Crippen LogP contribution < -0.4 is 5.32 Å². The van der Waals surface area contributed by atoms with Crippen molar-refractivity contribution in [2.45, 2.75) is 44.9 Å². The minimum absolute atomic E-state index is 0. The number of benzene rings is 2. The molecule has 2 rings (SSSR count). The zero-order chi connectivity index (χ0) is 21.2. The lowest BCUT2D eigenvalue weighted by Gasteiger charge is -2.29. The third kappa shape index (κ3) is 8.23. The first kappa shape index (κ1) is 25.1. The Balaban J connectivity index is 0.00000450. The van der Waals surface area contributed by atoms with Crippen LogP contribution in [0.2, 0.25) is 0 Å². The lowest BCUT2D eigenvalue weighted by molar-refractivity contribution is -0.143. The third-order valence-electron chi connectivity index (χ3n) is 4.65. The molecular formula is C22H27ClN2O5. The highest BCUT2D eigenvalue weighted by molar-refractivity contribution is 5.87. The summed E-state index contributed by atoms with van der Waals surface area (Å²) < 4.78 is 0. The van der Waals surface area contributed by atoms with Crippen LogP contribution in [0.15, 0.2) is 60.7 Å². The number of carbonyl (C=O) groups is 3. The number of aliphatic carboxylic acids is 2. The van der Waals surface area contributed by atoms with E-state index in [0.29, 0.717) is 13.1 Å². The first-order valence-corrected chi connectivity index (χ1v) is 9.43.